The zero-order valence-corrected chi connectivity index (χ0v) is 45.1. The summed E-state index contributed by atoms with van der Waals surface area (Å²) in [6.07, 6.45) is 6.31. The first kappa shape index (κ1) is 56.9. The normalized spacial score (nSPS) is 37.5. The Kier molecular flexibility index (Phi) is 17.4. The van der Waals surface area contributed by atoms with Crippen molar-refractivity contribution in [3.8, 4) is 0 Å². The second-order valence-electron chi connectivity index (χ2n) is 24.4. The Morgan fingerprint density at radius 3 is 2.03 bits per heavy atom. The molecule has 0 radical (unpaired) electrons. The number of rotatable bonds is 6. The maximum Gasteiger partial charge on any atom is 0.169 e. The summed E-state index contributed by atoms with van der Waals surface area (Å²) in [4.78, 5) is 14.2. The summed E-state index contributed by atoms with van der Waals surface area (Å²) in [5.41, 5.74) is 2.00. The van der Waals surface area contributed by atoms with Gasteiger partial charge in [0.25, 0.3) is 0 Å². The summed E-state index contributed by atoms with van der Waals surface area (Å²) < 4.78 is 23.3. The number of anilines is 1. The van der Waals surface area contributed by atoms with Gasteiger partial charge < -0.3 is 49.8 Å². The molecule has 1 aromatic carbocycles. The number of aliphatic hydroxyl groups is 5. The van der Waals surface area contributed by atoms with E-state index in [1.165, 1.54) is 23.2 Å². The first-order valence-corrected chi connectivity index (χ1v) is 25.6. The maximum absolute atomic E-state index is 14.2. The quantitative estimate of drug-likeness (QED) is 0.150. The summed E-state index contributed by atoms with van der Waals surface area (Å²) in [7, 11) is 2.71. The number of ketones is 1. The number of nitrogens with one attached hydrogen (secondary N) is 1. The standard InChI is InChI=1S/C38H55NO5.C9H20O3.C5H12O.C2H6.CH4O/c1-33(2,42)28-18-26(40)37(8)25-13-10-19-16-22-29-21-17-23-30(35(5,6)44-34(23,3)4)31(41)20(21)11-12-24(29)39-32(22)38(19,9)36(25,7)15-14-27(37)43-28;1-5-6-8(10)12-7(2)9(3,4)11;1-5(2,3)6-4;2*1-2/h11-12,19,22-23,25-28,30,32,39-40,42H,10,13-18H2,1-9H3;7-8,10-11H,5-6H2,1-4H3;1-4H3;1-2H3;2H,1H3. The minimum absolute atomic E-state index is 0.0355. The second-order valence-corrected chi connectivity index (χ2v) is 24.4. The van der Waals surface area contributed by atoms with E-state index in [0.717, 1.165) is 51.2 Å². The molecule has 0 aromatic heterocycles. The lowest BCUT2D eigenvalue weighted by atomic mass is 9.39. The highest BCUT2D eigenvalue weighted by atomic mass is 16.6. The number of carbonyl (C=O) groups excluding carboxylic acids is 1. The zero-order chi connectivity index (χ0) is 50.6. The van der Waals surface area contributed by atoms with E-state index >= 15 is 0 Å². The Bertz CT molecular complexity index is 1790. The van der Waals surface area contributed by atoms with Crippen molar-refractivity contribution >= 4 is 11.5 Å². The predicted octanol–water partition coefficient (Wildman–Crippen LogP) is 10.0. The molecule has 7 aliphatic rings. The van der Waals surface area contributed by atoms with E-state index in [4.69, 9.17) is 24.1 Å². The third kappa shape index (κ3) is 10.2. The van der Waals surface area contributed by atoms with E-state index in [0.29, 0.717) is 36.6 Å². The topological polar surface area (TPSA) is 167 Å². The molecule has 0 amide bonds. The van der Waals surface area contributed by atoms with Crippen molar-refractivity contribution in [3.63, 3.8) is 0 Å². The van der Waals surface area contributed by atoms with Gasteiger partial charge in [-0.3, -0.25) is 4.79 Å². The van der Waals surface area contributed by atoms with Crippen LogP contribution in [-0.2, 0) is 25.4 Å². The van der Waals surface area contributed by atoms with Crippen LogP contribution in [0.1, 0.15) is 203 Å². The molecule has 11 heteroatoms. The summed E-state index contributed by atoms with van der Waals surface area (Å²) in [5, 5.41) is 52.5. The molecule has 3 aliphatic heterocycles. The maximum atomic E-state index is 14.2. The SMILES string of the molecule is CC.CC(C)(O)C1CC(O)C2(C)C(CCC3(C)C2CCC2CC4c5c(ccc6c5CC5C(C6=O)C(C)(C)OC5(C)C)NC4C23C)O1.CCCC(O)OC(C)C(C)(C)O.CO.COC(C)(C)C. The van der Waals surface area contributed by atoms with Crippen molar-refractivity contribution in [1.29, 1.82) is 0 Å². The second kappa shape index (κ2) is 20.2. The molecule has 11 nitrogen and oxygen atoms in total. The first-order chi connectivity index (χ1) is 30.3. The third-order valence-corrected chi connectivity index (χ3v) is 18.0. The van der Waals surface area contributed by atoms with E-state index < -0.39 is 29.2 Å². The Labute approximate surface area is 400 Å². The zero-order valence-electron chi connectivity index (χ0n) is 45.1. The van der Waals surface area contributed by atoms with E-state index in [1.807, 2.05) is 55.4 Å². The summed E-state index contributed by atoms with van der Waals surface area (Å²) in [6.45, 7) is 36.7. The van der Waals surface area contributed by atoms with Crippen molar-refractivity contribution in [1.82, 2.24) is 0 Å². The molecule has 0 spiro atoms. The Hall–Kier alpha value is -1.67. The van der Waals surface area contributed by atoms with Crippen molar-refractivity contribution in [3.05, 3.63) is 28.8 Å². The Morgan fingerprint density at radius 1 is 0.909 bits per heavy atom. The van der Waals surface area contributed by atoms with Gasteiger partial charge >= 0.3 is 0 Å². The molecule has 8 rings (SSSR count). The van der Waals surface area contributed by atoms with Gasteiger partial charge in [0, 0.05) is 55.2 Å². The molecule has 5 fully saturated rings. The molecule has 66 heavy (non-hydrogen) atoms. The smallest absolute Gasteiger partial charge is 0.169 e. The van der Waals surface area contributed by atoms with E-state index in [9.17, 15) is 25.2 Å². The minimum Gasteiger partial charge on any atom is -0.400 e. The largest absolute Gasteiger partial charge is 0.400 e. The summed E-state index contributed by atoms with van der Waals surface area (Å²) in [6, 6.07) is 4.62. The van der Waals surface area contributed by atoms with Gasteiger partial charge in [-0.25, -0.2) is 0 Å². The minimum atomic E-state index is -0.971. The molecular formula is C55H97NO10. The molecule has 0 bridgehead atoms. The van der Waals surface area contributed by atoms with Crippen molar-refractivity contribution in [2.45, 2.75) is 253 Å². The molecule has 3 saturated carbocycles. The van der Waals surface area contributed by atoms with Crippen LogP contribution in [0.5, 0.6) is 0 Å². The van der Waals surface area contributed by atoms with Crippen LogP contribution in [0, 0.1) is 39.9 Å². The van der Waals surface area contributed by atoms with Gasteiger partial charge in [-0.15, -0.1) is 0 Å². The predicted molar refractivity (Wildman–Crippen MR) is 265 cm³/mol. The van der Waals surface area contributed by atoms with Crippen LogP contribution in [0.25, 0.3) is 0 Å². The molecule has 4 aliphatic carbocycles. The molecule has 382 valence electrons. The monoisotopic (exact) mass is 932 g/mol. The van der Waals surface area contributed by atoms with Gasteiger partial charge in [0.15, 0.2) is 12.1 Å². The van der Waals surface area contributed by atoms with Gasteiger partial charge in [-0.1, -0.05) is 48.0 Å². The van der Waals surface area contributed by atoms with E-state index in [1.54, 1.807) is 27.9 Å². The highest BCUT2D eigenvalue weighted by molar-refractivity contribution is 6.02. The molecule has 6 N–H and O–H groups in total. The van der Waals surface area contributed by atoms with Crippen molar-refractivity contribution in [2.75, 3.05) is 19.5 Å². The van der Waals surface area contributed by atoms with Crippen LogP contribution >= 0.6 is 0 Å². The lowest BCUT2D eigenvalue weighted by Gasteiger charge is -2.68. The van der Waals surface area contributed by atoms with E-state index in [2.05, 4.69) is 65.9 Å². The number of Topliss-reactive ketones (excluding diaryl/α,β-unsaturated/α-hetero) is 1. The number of hydrogen-bond donors (Lipinski definition) is 6. The van der Waals surface area contributed by atoms with Crippen LogP contribution in [0.2, 0.25) is 0 Å². The lowest BCUT2D eigenvalue weighted by molar-refractivity contribution is -0.287. The van der Waals surface area contributed by atoms with Crippen LogP contribution in [0.4, 0.5) is 5.69 Å². The van der Waals surface area contributed by atoms with Gasteiger partial charge in [-0.05, 0) is 174 Å². The Balaban J connectivity index is 0.000000364. The van der Waals surface area contributed by atoms with Gasteiger partial charge in [-0.2, -0.15) is 0 Å². The molecule has 2 saturated heterocycles. The molecule has 14 atom stereocenters. The van der Waals surface area contributed by atoms with Crippen LogP contribution < -0.4 is 5.32 Å². The Morgan fingerprint density at radius 2 is 1.50 bits per heavy atom. The number of fused-ring (bicyclic) bond motifs is 12. The fraction of sp³-hybridized carbons (Fsp3) is 0.873. The number of methoxy groups -OCH3 is 1. The number of benzene rings is 1. The number of hydrogen-bond acceptors (Lipinski definition) is 11. The van der Waals surface area contributed by atoms with Gasteiger partial charge in [0.2, 0.25) is 0 Å². The molecular weight excluding hydrogens is 835 g/mol. The van der Waals surface area contributed by atoms with Gasteiger partial charge in [0.05, 0.1) is 58.3 Å². The average molecular weight is 932 g/mol. The molecule has 3 heterocycles. The number of ether oxygens (including phenoxy) is 4. The highest BCUT2D eigenvalue weighted by Gasteiger charge is 2.72. The van der Waals surface area contributed by atoms with Gasteiger partial charge in [0.1, 0.15) is 0 Å². The number of carbonyl (C=O) groups is 1. The number of aliphatic hydroxyl groups excluding tert-OH is 3. The van der Waals surface area contributed by atoms with Crippen LogP contribution in [0.3, 0.4) is 0 Å². The van der Waals surface area contributed by atoms with E-state index in [-0.39, 0.29) is 63.4 Å². The lowest BCUT2D eigenvalue weighted by Crippen LogP contribution is -2.69. The summed E-state index contributed by atoms with van der Waals surface area (Å²) in [5.74, 6) is 1.68. The van der Waals surface area contributed by atoms with Crippen LogP contribution in [-0.4, -0.2) is 110 Å². The first-order valence-electron chi connectivity index (χ1n) is 25.6. The molecule has 1 aromatic rings. The van der Waals surface area contributed by atoms with Crippen LogP contribution in [0.15, 0.2) is 12.1 Å². The van der Waals surface area contributed by atoms with Crippen molar-refractivity contribution in [2.24, 2.45) is 39.9 Å². The fourth-order valence-corrected chi connectivity index (χ4v) is 13.9. The summed E-state index contributed by atoms with van der Waals surface area (Å²) >= 11 is 0. The third-order valence-electron chi connectivity index (χ3n) is 18.0. The fourth-order valence-electron chi connectivity index (χ4n) is 13.9. The van der Waals surface area contributed by atoms with Crippen molar-refractivity contribution < 1.29 is 49.3 Å². The highest BCUT2D eigenvalue weighted by Crippen LogP contribution is 2.75. The average Bonchev–Trinajstić information content (AvgIpc) is 3.79. The molecule has 14 unspecified atom stereocenters.